The van der Waals surface area contributed by atoms with E-state index in [2.05, 4.69) is 20.6 Å². The van der Waals surface area contributed by atoms with Gasteiger partial charge in [-0.2, -0.15) is 13.2 Å². The molecule has 4 rings (SSSR count). The fourth-order valence-corrected chi connectivity index (χ4v) is 3.17. The number of anilines is 1. The minimum absolute atomic E-state index is 0.110. The van der Waals surface area contributed by atoms with Gasteiger partial charge in [0.25, 0.3) is 0 Å². The molecule has 34 heavy (non-hydrogen) atoms. The summed E-state index contributed by atoms with van der Waals surface area (Å²) < 4.78 is 39.6. The largest absolute Gasteiger partial charge is 0.416 e. The van der Waals surface area contributed by atoms with E-state index in [1.165, 1.54) is 18.2 Å². The van der Waals surface area contributed by atoms with Crippen molar-refractivity contribution in [2.45, 2.75) is 19.3 Å². The lowest BCUT2D eigenvalue weighted by atomic mass is 10.1. The lowest BCUT2D eigenvalue weighted by Crippen LogP contribution is -2.06. The minimum Gasteiger partial charge on any atom is -0.379 e. The molecular weight excluding hydrogens is 443 g/mol. The van der Waals surface area contributed by atoms with Crippen molar-refractivity contribution < 1.29 is 18.0 Å². The fraction of sp³-hybridized carbons (Fsp3) is 0.120. The molecule has 2 heterocycles. The summed E-state index contributed by atoms with van der Waals surface area (Å²) in [5.41, 5.74) is 2.90. The summed E-state index contributed by atoms with van der Waals surface area (Å²) in [4.78, 5) is 16.3. The number of pyridine rings is 1. The molecule has 2 aromatic heterocycles. The van der Waals surface area contributed by atoms with Gasteiger partial charge < -0.3 is 5.32 Å². The third kappa shape index (κ3) is 6.16. The average Bonchev–Trinajstić information content (AvgIpc) is 3.29. The Morgan fingerprint density at radius 3 is 2.47 bits per heavy atom. The molecule has 0 saturated heterocycles. The Morgan fingerprint density at radius 1 is 1.03 bits per heavy atom. The highest BCUT2D eigenvalue weighted by atomic mass is 19.4. The van der Waals surface area contributed by atoms with Gasteiger partial charge in [-0.15, -0.1) is 5.10 Å². The van der Waals surface area contributed by atoms with E-state index < -0.39 is 11.7 Å². The zero-order valence-electron chi connectivity index (χ0n) is 17.9. The average molecular weight is 463 g/mol. The van der Waals surface area contributed by atoms with Crippen LogP contribution in [0.3, 0.4) is 0 Å². The predicted octanol–water partition coefficient (Wildman–Crippen LogP) is 5.25. The van der Waals surface area contributed by atoms with E-state index in [-0.39, 0.29) is 5.78 Å². The van der Waals surface area contributed by atoms with Crippen LogP contribution in [0.2, 0.25) is 0 Å². The van der Waals surface area contributed by atoms with E-state index in [4.69, 9.17) is 0 Å². The van der Waals surface area contributed by atoms with Gasteiger partial charge >= 0.3 is 6.18 Å². The standard InChI is InChI=1S/C25H20F3N5O/c26-25(27,28)21-8-3-19(4-9-21)16-33-17-23(31-32-33)15-30-22-10-6-20(7-11-22)24(34)12-5-18-2-1-13-29-14-18/h1-14,17,30H,15-16H2/b12-5+. The van der Waals surface area contributed by atoms with Gasteiger partial charge in [0.2, 0.25) is 0 Å². The Hall–Kier alpha value is -4.27. The van der Waals surface area contributed by atoms with E-state index >= 15 is 0 Å². The topological polar surface area (TPSA) is 72.7 Å². The molecule has 0 bridgehead atoms. The SMILES string of the molecule is O=C(/C=C/c1cccnc1)c1ccc(NCc2cn(Cc3ccc(C(F)(F)F)cc3)nn2)cc1. The van der Waals surface area contributed by atoms with E-state index in [0.717, 1.165) is 23.4 Å². The first-order valence-corrected chi connectivity index (χ1v) is 10.4. The molecular formula is C25H20F3N5O. The fourth-order valence-electron chi connectivity index (χ4n) is 3.17. The number of halogens is 3. The molecule has 0 aliphatic rings. The van der Waals surface area contributed by atoms with Crippen LogP contribution in [-0.4, -0.2) is 25.8 Å². The first-order valence-electron chi connectivity index (χ1n) is 10.4. The number of benzene rings is 2. The van der Waals surface area contributed by atoms with Gasteiger partial charge in [-0.3, -0.25) is 9.78 Å². The number of carbonyl (C=O) groups is 1. The predicted molar refractivity (Wildman–Crippen MR) is 122 cm³/mol. The molecule has 9 heteroatoms. The summed E-state index contributed by atoms with van der Waals surface area (Å²) in [5.74, 6) is -0.110. The molecule has 0 fully saturated rings. The van der Waals surface area contributed by atoms with Crippen molar-refractivity contribution in [1.29, 1.82) is 0 Å². The summed E-state index contributed by atoms with van der Waals surface area (Å²) in [6, 6.07) is 15.7. The second-order valence-electron chi connectivity index (χ2n) is 7.52. The lowest BCUT2D eigenvalue weighted by molar-refractivity contribution is -0.137. The molecule has 4 aromatic rings. The van der Waals surface area contributed by atoms with Crippen molar-refractivity contribution in [1.82, 2.24) is 20.0 Å². The second-order valence-corrected chi connectivity index (χ2v) is 7.52. The third-order valence-corrected chi connectivity index (χ3v) is 4.97. The molecule has 172 valence electrons. The molecule has 0 aliphatic heterocycles. The van der Waals surface area contributed by atoms with Crippen LogP contribution in [0.15, 0.2) is 85.3 Å². The monoisotopic (exact) mass is 463 g/mol. The molecule has 1 N–H and O–H groups in total. The molecule has 6 nitrogen and oxygen atoms in total. The number of nitrogens with zero attached hydrogens (tertiary/aromatic N) is 4. The highest BCUT2D eigenvalue weighted by Gasteiger charge is 2.29. The summed E-state index contributed by atoms with van der Waals surface area (Å²) in [5, 5.41) is 11.3. The minimum atomic E-state index is -4.35. The quantitative estimate of drug-likeness (QED) is 0.286. The normalized spacial score (nSPS) is 11.6. The highest BCUT2D eigenvalue weighted by Crippen LogP contribution is 2.29. The maximum atomic E-state index is 12.7. The Morgan fingerprint density at radius 2 is 1.79 bits per heavy atom. The Balaban J connectivity index is 1.29. The first kappa shape index (κ1) is 22.9. The van der Waals surface area contributed by atoms with Crippen LogP contribution < -0.4 is 5.32 Å². The zero-order chi connectivity index (χ0) is 24.0. The summed E-state index contributed by atoms with van der Waals surface area (Å²) >= 11 is 0. The second kappa shape index (κ2) is 10.1. The van der Waals surface area contributed by atoms with Crippen LogP contribution >= 0.6 is 0 Å². The molecule has 0 amide bonds. The van der Waals surface area contributed by atoms with E-state index in [1.807, 2.05) is 6.07 Å². The van der Waals surface area contributed by atoms with E-state index in [1.54, 1.807) is 59.7 Å². The van der Waals surface area contributed by atoms with Gasteiger partial charge in [-0.05, 0) is 65.7 Å². The summed E-state index contributed by atoms with van der Waals surface area (Å²) in [6.45, 7) is 0.718. The zero-order valence-corrected chi connectivity index (χ0v) is 17.9. The number of nitrogens with one attached hydrogen (secondary N) is 1. The molecule has 0 spiro atoms. The van der Waals surface area contributed by atoms with Crippen molar-refractivity contribution in [2.75, 3.05) is 5.32 Å². The molecule has 0 unspecified atom stereocenters. The summed E-state index contributed by atoms with van der Waals surface area (Å²) in [7, 11) is 0. The Labute approximate surface area is 193 Å². The van der Waals surface area contributed by atoms with E-state index in [0.29, 0.717) is 29.9 Å². The number of rotatable bonds is 8. The van der Waals surface area contributed by atoms with Crippen molar-refractivity contribution in [3.63, 3.8) is 0 Å². The van der Waals surface area contributed by atoms with Crippen LogP contribution in [0.4, 0.5) is 18.9 Å². The maximum Gasteiger partial charge on any atom is 0.416 e. The molecule has 0 atom stereocenters. The van der Waals surface area contributed by atoms with Gasteiger partial charge in [0, 0.05) is 23.6 Å². The molecule has 0 aliphatic carbocycles. The highest BCUT2D eigenvalue weighted by molar-refractivity contribution is 6.06. The maximum absolute atomic E-state index is 12.7. The molecule has 0 radical (unpaired) electrons. The van der Waals surface area contributed by atoms with Crippen LogP contribution in [0.25, 0.3) is 6.08 Å². The lowest BCUT2D eigenvalue weighted by Gasteiger charge is -2.07. The van der Waals surface area contributed by atoms with Crippen molar-refractivity contribution in [3.05, 3.63) is 113 Å². The number of hydrogen-bond acceptors (Lipinski definition) is 5. The van der Waals surface area contributed by atoms with Gasteiger partial charge in [0.1, 0.15) is 5.69 Å². The molecule has 0 saturated carbocycles. The van der Waals surface area contributed by atoms with E-state index in [9.17, 15) is 18.0 Å². The van der Waals surface area contributed by atoms with Crippen LogP contribution in [0.1, 0.15) is 32.7 Å². The Bertz CT molecular complexity index is 1260. The number of aromatic nitrogens is 4. The Kier molecular flexibility index (Phi) is 6.82. The number of alkyl halides is 3. The number of carbonyl (C=O) groups excluding carboxylic acids is 1. The van der Waals surface area contributed by atoms with Gasteiger partial charge in [-0.25, -0.2) is 4.68 Å². The number of allylic oxidation sites excluding steroid dienone is 1. The van der Waals surface area contributed by atoms with Crippen LogP contribution in [0.5, 0.6) is 0 Å². The number of ketones is 1. The first-order chi connectivity index (χ1) is 16.4. The summed E-state index contributed by atoms with van der Waals surface area (Å²) in [6.07, 6.45) is 3.95. The van der Waals surface area contributed by atoms with Gasteiger partial charge in [0.15, 0.2) is 5.78 Å². The number of hydrogen-bond donors (Lipinski definition) is 1. The van der Waals surface area contributed by atoms with Crippen molar-refractivity contribution >= 4 is 17.5 Å². The smallest absolute Gasteiger partial charge is 0.379 e. The van der Waals surface area contributed by atoms with Crippen molar-refractivity contribution in [3.8, 4) is 0 Å². The van der Waals surface area contributed by atoms with Gasteiger partial charge in [0.05, 0.1) is 24.8 Å². The van der Waals surface area contributed by atoms with Crippen LogP contribution in [0, 0.1) is 0 Å². The van der Waals surface area contributed by atoms with Gasteiger partial charge in [-0.1, -0.05) is 23.4 Å². The van der Waals surface area contributed by atoms with Crippen LogP contribution in [-0.2, 0) is 19.3 Å². The third-order valence-electron chi connectivity index (χ3n) is 4.97. The van der Waals surface area contributed by atoms with Crippen molar-refractivity contribution in [2.24, 2.45) is 0 Å². The molecule has 2 aromatic carbocycles.